The van der Waals surface area contributed by atoms with Crippen LogP contribution in [0.2, 0.25) is 5.02 Å². The van der Waals surface area contributed by atoms with Crippen molar-refractivity contribution in [3.8, 4) is 0 Å². The summed E-state index contributed by atoms with van der Waals surface area (Å²) in [5, 5.41) is 1.72. The fraction of sp³-hybridized carbons (Fsp3) is 0.357. The van der Waals surface area contributed by atoms with Crippen molar-refractivity contribution in [2.75, 3.05) is 10.7 Å². The molecule has 1 saturated carbocycles. The van der Waals surface area contributed by atoms with E-state index in [4.69, 9.17) is 11.6 Å². The summed E-state index contributed by atoms with van der Waals surface area (Å²) in [5.41, 5.74) is 0.654. The van der Waals surface area contributed by atoms with Gasteiger partial charge in [0.15, 0.2) is 9.84 Å². The monoisotopic (exact) mass is 311 g/mol. The number of benzene rings is 1. The molecule has 0 spiro atoms. The van der Waals surface area contributed by atoms with Gasteiger partial charge in [-0.2, -0.15) is 0 Å². The van der Waals surface area contributed by atoms with Gasteiger partial charge in [0, 0.05) is 22.0 Å². The topological polar surface area (TPSA) is 54.5 Å². The van der Waals surface area contributed by atoms with E-state index in [1.807, 2.05) is 0 Å². The molecular formula is C14H14ClNO3S. The van der Waals surface area contributed by atoms with Gasteiger partial charge in [-0.1, -0.05) is 17.7 Å². The van der Waals surface area contributed by atoms with E-state index in [-0.39, 0.29) is 17.6 Å². The first kappa shape index (κ1) is 13.6. The Hall–Kier alpha value is -1.33. The Kier molecular flexibility index (Phi) is 3.34. The maximum atomic E-state index is 12.5. The third-order valence-corrected chi connectivity index (χ3v) is 5.11. The maximum absolute atomic E-state index is 12.5. The highest BCUT2D eigenvalue weighted by atomic mass is 35.5. The van der Waals surface area contributed by atoms with Crippen LogP contribution in [0.15, 0.2) is 35.7 Å². The first-order valence-electron chi connectivity index (χ1n) is 6.46. The second kappa shape index (κ2) is 4.90. The lowest BCUT2D eigenvalue weighted by molar-refractivity contribution is -0.120. The van der Waals surface area contributed by atoms with Gasteiger partial charge in [0.05, 0.1) is 11.8 Å². The van der Waals surface area contributed by atoms with Crippen LogP contribution in [0.3, 0.4) is 0 Å². The van der Waals surface area contributed by atoms with E-state index >= 15 is 0 Å². The van der Waals surface area contributed by atoms with Crippen molar-refractivity contribution in [2.45, 2.75) is 18.9 Å². The fourth-order valence-corrected chi connectivity index (χ4v) is 3.81. The number of carbonyl (C=O) groups excluding carboxylic acids is 1. The fourth-order valence-electron chi connectivity index (χ4n) is 2.36. The normalized spacial score (nSPS) is 23.8. The molecular weight excluding hydrogens is 298 g/mol. The number of hydrogen-bond donors (Lipinski definition) is 0. The smallest absolute Gasteiger partial charge is 0.230 e. The van der Waals surface area contributed by atoms with Gasteiger partial charge in [-0.3, -0.25) is 4.79 Å². The van der Waals surface area contributed by atoms with Crippen molar-refractivity contribution in [2.24, 2.45) is 5.92 Å². The molecule has 0 bridgehead atoms. The molecule has 1 amide bonds. The second-order valence-corrected chi connectivity index (χ2v) is 7.56. The Morgan fingerprint density at radius 1 is 1.30 bits per heavy atom. The lowest BCUT2D eigenvalue weighted by Gasteiger charge is -2.28. The summed E-state index contributed by atoms with van der Waals surface area (Å²) in [5.74, 6) is -0.0532. The van der Waals surface area contributed by atoms with Crippen LogP contribution in [0.4, 0.5) is 5.69 Å². The quantitative estimate of drug-likeness (QED) is 0.861. The van der Waals surface area contributed by atoms with Crippen molar-refractivity contribution in [1.82, 2.24) is 0 Å². The average Bonchev–Trinajstić information content (AvgIpc) is 3.15. The molecule has 2 aliphatic rings. The van der Waals surface area contributed by atoms with Crippen LogP contribution in [0.1, 0.15) is 12.8 Å². The van der Waals surface area contributed by atoms with Crippen LogP contribution < -0.4 is 4.90 Å². The molecule has 6 heteroatoms. The number of rotatable bonds is 3. The van der Waals surface area contributed by atoms with Crippen LogP contribution in [0.5, 0.6) is 0 Å². The van der Waals surface area contributed by atoms with E-state index in [1.54, 1.807) is 35.2 Å². The highest BCUT2D eigenvalue weighted by molar-refractivity contribution is 7.94. The van der Waals surface area contributed by atoms with E-state index in [0.29, 0.717) is 10.7 Å². The van der Waals surface area contributed by atoms with Crippen LogP contribution in [-0.4, -0.2) is 26.1 Å². The minimum absolute atomic E-state index is 0.0148. The van der Waals surface area contributed by atoms with Crippen molar-refractivity contribution >= 4 is 33.0 Å². The summed E-state index contributed by atoms with van der Waals surface area (Å²) in [6, 6.07) is 6.53. The SMILES string of the molecule is O=C(C1CC1)N(c1cccc(Cl)c1)[C@@H]1C=CS(=O)(=O)C1. The number of hydrogen-bond acceptors (Lipinski definition) is 3. The number of halogens is 1. The summed E-state index contributed by atoms with van der Waals surface area (Å²) >= 11 is 5.98. The zero-order chi connectivity index (χ0) is 14.3. The average molecular weight is 312 g/mol. The van der Waals surface area contributed by atoms with Gasteiger partial charge in [-0.05, 0) is 37.1 Å². The molecule has 20 heavy (non-hydrogen) atoms. The molecule has 0 unspecified atom stereocenters. The molecule has 3 rings (SSSR count). The van der Waals surface area contributed by atoms with Crippen molar-refractivity contribution < 1.29 is 13.2 Å². The van der Waals surface area contributed by atoms with Gasteiger partial charge in [0.1, 0.15) is 0 Å². The third-order valence-electron chi connectivity index (χ3n) is 3.49. The first-order chi connectivity index (χ1) is 9.46. The summed E-state index contributed by atoms with van der Waals surface area (Å²) in [6.45, 7) is 0. The predicted molar refractivity (Wildman–Crippen MR) is 78.4 cm³/mol. The maximum Gasteiger partial charge on any atom is 0.230 e. The molecule has 1 aromatic carbocycles. The molecule has 4 nitrogen and oxygen atoms in total. The lowest BCUT2D eigenvalue weighted by atomic mass is 10.2. The number of anilines is 1. The molecule has 1 atom stereocenters. The Morgan fingerprint density at radius 2 is 2.05 bits per heavy atom. The summed E-state index contributed by atoms with van der Waals surface area (Å²) in [6.07, 6.45) is 3.33. The number of amides is 1. The Balaban J connectivity index is 1.96. The van der Waals surface area contributed by atoms with E-state index in [1.165, 1.54) is 5.41 Å². The van der Waals surface area contributed by atoms with Crippen molar-refractivity contribution in [3.05, 3.63) is 40.8 Å². The minimum atomic E-state index is -3.20. The van der Waals surface area contributed by atoms with E-state index in [2.05, 4.69) is 0 Å². The Morgan fingerprint density at radius 3 is 2.60 bits per heavy atom. The molecule has 1 heterocycles. The standard InChI is InChI=1S/C14H14ClNO3S/c15-11-2-1-3-12(8-11)16(14(17)10-4-5-10)13-6-7-20(18,19)9-13/h1-3,6-8,10,13H,4-5,9H2/t13-/m1/s1. The van der Waals surface area contributed by atoms with Crippen molar-refractivity contribution in [1.29, 1.82) is 0 Å². The van der Waals surface area contributed by atoms with Gasteiger partial charge < -0.3 is 4.90 Å². The Bertz CT molecular complexity index is 679. The molecule has 1 aromatic rings. The van der Waals surface area contributed by atoms with Crippen LogP contribution in [0, 0.1) is 5.92 Å². The van der Waals surface area contributed by atoms with E-state index in [0.717, 1.165) is 12.8 Å². The predicted octanol–water partition coefficient (Wildman–Crippen LogP) is 2.39. The van der Waals surface area contributed by atoms with Gasteiger partial charge in [0.2, 0.25) is 5.91 Å². The molecule has 1 fully saturated rings. The molecule has 1 aliphatic carbocycles. The molecule has 106 valence electrons. The largest absolute Gasteiger partial charge is 0.304 e. The van der Waals surface area contributed by atoms with E-state index < -0.39 is 15.9 Å². The highest BCUT2D eigenvalue weighted by Crippen LogP contribution is 2.35. The van der Waals surface area contributed by atoms with Gasteiger partial charge in [0.25, 0.3) is 0 Å². The Labute approximate surface area is 122 Å². The minimum Gasteiger partial charge on any atom is -0.304 e. The van der Waals surface area contributed by atoms with Crippen molar-refractivity contribution in [3.63, 3.8) is 0 Å². The van der Waals surface area contributed by atoms with Gasteiger partial charge >= 0.3 is 0 Å². The number of carbonyl (C=O) groups is 1. The summed E-state index contributed by atoms with van der Waals surface area (Å²) < 4.78 is 23.2. The summed E-state index contributed by atoms with van der Waals surface area (Å²) in [7, 11) is -3.20. The molecule has 1 aliphatic heterocycles. The summed E-state index contributed by atoms with van der Waals surface area (Å²) in [4.78, 5) is 14.0. The van der Waals surface area contributed by atoms with Gasteiger partial charge in [-0.25, -0.2) is 8.42 Å². The molecule has 0 N–H and O–H groups in total. The first-order valence-corrected chi connectivity index (χ1v) is 8.55. The molecule has 0 saturated heterocycles. The second-order valence-electron chi connectivity index (χ2n) is 5.19. The van der Waals surface area contributed by atoms with Crippen LogP contribution >= 0.6 is 11.6 Å². The van der Waals surface area contributed by atoms with E-state index in [9.17, 15) is 13.2 Å². The van der Waals surface area contributed by atoms with Gasteiger partial charge in [-0.15, -0.1) is 0 Å². The zero-order valence-corrected chi connectivity index (χ0v) is 12.3. The number of sulfone groups is 1. The highest BCUT2D eigenvalue weighted by Gasteiger charge is 2.39. The molecule has 0 radical (unpaired) electrons. The third kappa shape index (κ3) is 2.74. The van der Waals surface area contributed by atoms with Crippen LogP contribution in [-0.2, 0) is 14.6 Å². The van der Waals surface area contributed by atoms with Crippen LogP contribution in [0.25, 0.3) is 0 Å². The zero-order valence-electron chi connectivity index (χ0n) is 10.7. The lowest BCUT2D eigenvalue weighted by Crippen LogP contribution is -2.42. The molecule has 0 aromatic heterocycles. The number of nitrogens with zero attached hydrogens (tertiary/aromatic N) is 1.